The van der Waals surface area contributed by atoms with E-state index in [1.54, 1.807) is 36.4 Å². The first-order chi connectivity index (χ1) is 14.3. The first-order valence-corrected chi connectivity index (χ1v) is 11.1. The number of hydrogen-bond acceptors (Lipinski definition) is 6. The third-order valence-electron chi connectivity index (χ3n) is 4.00. The molecule has 0 aromatic heterocycles. The van der Waals surface area contributed by atoms with Crippen LogP contribution in [-0.2, 0) is 16.1 Å². The smallest absolute Gasteiger partial charge is 0.341 e. The maximum Gasteiger partial charge on any atom is 0.341 e. The van der Waals surface area contributed by atoms with Crippen LogP contribution in [0.25, 0.3) is 6.08 Å². The fourth-order valence-corrected chi connectivity index (χ4v) is 5.18. The second kappa shape index (κ2) is 9.63. The largest absolute Gasteiger partial charge is 0.480 e. The molecular formula is C20H12BrIN2O5S. The number of carboxylic acid groups (broad SMARTS) is 1. The van der Waals surface area contributed by atoms with Crippen molar-refractivity contribution in [3.8, 4) is 11.8 Å². The number of amides is 2. The number of carboxylic acids is 1. The van der Waals surface area contributed by atoms with Gasteiger partial charge >= 0.3 is 5.97 Å². The van der Waals surface area contributed by atoms with Crippen molar-refractivity contribution in [1.82, 2.24) is 4.90 Å². The molecule has 0 atom stereocenters. The number of ether oxygens (including phenoxy) is 1. The number of halogens is 2. The molecule has 3 rings (SSSR count). The Kier molecular flexibility index (Phi) is 7.17. The van der Waals surface area contributed by atoms with E-state index in [4.69, 9.17) is 9.84 Å². The molecule has 1 saturated heterocycles. The molecule has 30 heavy (non-hydrogen) atoms. The fraction of sp³-hybridized carbons (Fsp3) is 0.100. The van der Waals surface area contributed by atoms with Crippen molar-refractivity contribution < 1.29 is 24.2 Å². The molecule has 0 bridgehead atoms. The third-order valence-corrected chi connectivity index (χ3v) is 6.12. The van der Waals surface area contributed by atoms with Gasteiger partial charge in [-0.2, -0.15) is 5.26 Å². The summed E-state index contributed by atoms with van der Waals surface area (Å²) in [5.41, 5.74) is 1.44. The van der Waals surface area contributed by atoms with Crippen LogP contribution in [0.2, 0.25) is 0 Å². The predicted molar refractivity (Wildman–Crippen MR) is 123 cm³/mol. The van der Waals surface area contributed by atoms with E-state index in [2.05, 4.69) is 44.6 Å². The van der Waals surface area contributed by atoms with Crippen molar-refractivity contribution in [2.75, 3.05) is 6.61 Å². The third kappa shape index (κ3) is 5.03. The van der Waals surface area contributed by atoms with Gasteiger partial charge in [-0.15, -0.1) is 0 Å². The highest BCUT2D eigenvalue weighted by Crippen LogP contribution is 2.38. The Morgan fingerprint density at radius 2 is 2.07 bits per heavy atom. The van der Waals surface area contributed by atoms with Crippen LogP contribution in [0.3, 0.4) is 0 Å². The summed E-state index contributed by atoms with van der Waals surface area (Å²) in [6.07, 6.45) is 1.51. The minimum absolute atomic E-state index is 0.00979. The number of carbonyl (C=O) groups excluding carboxylic acids is 2. The van der Waals surface area contributed by atoms with E-state index in [1.807, 2.05) is 0 Å². The molecule has 1 fully saturated rings. The zero-order valence-electron chi connectivity index (χ0n) is 15.1. The first-order valence-electron chi connectivity index (χ1n) is 8.37. The Bertz CT molecular complexity index is 1130. The number of carbonyl (C=O) groups is 3. The van der Waals surface area contributed by atoms with Gasteiger partial charge in [0.25, 0.3) is 11.1 Å². The molecule has 152 valence electrons. The monoisotopic (exact) mass is 598 g/mol. The molecule has 2 aromatic rings. The summed E-state index contributed by atoms with van der Waals surface area (Å²) >= 11 is 6.21. The van der Waals surface area contributed by atoms with Gasteiger partial charge in [-0.3, -0.25) is 14.5 Å². The van der Waals surface area contributed by atoms with Crippen molar-refractivity contribution in [2.24, 2.45) is 0 Å². The normalized spacial score (nSPS) is 14.8. The lowest BCUT2D eigenvalue weighted by Gasteiger charge is -2.13. The summed E-state index contributed by atoms with van der Waals surface area (Å²) in [7, 11) is 0. The highest BCUT2D eigenvalue weighted by Gasteiger charge is 2.35. The van der Waals surface area contributed by atoms with E-state index in [9.17, 15) is 19.6 Å². The minimum atomic E-state index is -1.14. The van der Waals surface area contributed by atoms with Gasteiger partial charge in [-0.1, -0.05) is 18.2 Å². The molecule has 2 amide bonds. The van der Waals surface area contributed by atoms with Crippen LogP contribution in [0.15, 0.2) is 45.8 Å². The standard InChI is InChI=1S/C20H12BrIN2O5S/c21-15-7-14(22)5-13(18(15)29-10-17(25)26)6-16-19(27)24(20(28)30-16)9-12-4-2-1-3-11(12)8-23/h1-7H,9-10H2,(H,25,26)/b16-6+. The lowest BCUT2D eigenvalue weighted by molar-refractivity contribution is -0.139. The Morgan fingerprint density at radius 1 is 1.33 bits per heavy atom. The van der Waals surface area contributed by atoms with E-state index in [-0.39, 0.29) is 17.2 Å². The summed E-state index contributed by atoms with van der Waals surface area (Å²) < 4.78 is 6.72. The van der Waals surface area contributed by atoms with Crippen molar-refractivity contribution in [1.29, 1.82) is 5.26 Å². The zero-order valence-corrected chi connectivity index (χ0v) is 19.7. The highest BCUT2D eigenvalue weighted by molar-refractivity contribution is 14.1. The summed E-state index contributed by atoms with van der Waals surface area (Å²) in [6.45, 7) is -0.559. The maximum absolute atomic E-state index is 12.9. The van der Waals surface area contributed by atoms with Gasteiger partial charge in [0.1, 0.15) is 5.75 Å². The average Bonchev–Trinajstić information content (AvgIpc) is 2.95. The van der Waals surface area contributed by atoms with Crippen LogP contribution >= 0.6 is 50.3 Å². The number of benzene rings is 2. The van der Waals surface area contributed by atoms with Crippen LogP contribution in [-0.4, -0.2) is 33.7 Å². The van der Waals surface area contributed by atoms with Crippen LogP contribution in [0, 0.1) is 14.9 Å². The molecule has 1 aliphatic heterocycles. The zero-order chi connectivity index (χ0) is 21.8. The van der Waals surface area contributed by atoms with Crippen LogP contribution < -0.4 is 4.74 Å². The second-order valence-corrected chi connectivity index (χ2v) is 9.12. The molecule has 0 radical (unpaired) electrons. The lowest BCUT2D eigenvalue weighted by Crippen LogP contribution is -2.27. The van der Waals surface area contributed by atoms with Gasteiger partial charge in [0.15, 0.2) is 6.61 Å². The Labute approximate surface area is 198 Å². The molecule has 0 aliphatic carbocycles. The van der Waals surface area contributed by atoms with Crippen molar-refractivity contribution in [2.45, 2.75) is 6.54 Å². The second-order valence-electron chi connectivity index (χ2n) is 6.03. The van der Waals surface area contributed by atoms with Crippen LogP contribution in [0.1, 0.15) is 16.7 Å². The van der Waals surface area contributed by atoms with Crippen molar-refractivity contribution in [3.63, 3.8) is 0 Å². The summed E-state index contributed by atoms with van der Waals surface area (Å²) in [6, 6.07) is 12.3. The molecule has 0 saturated carbocycles. The van der Waals surface area contributed by atoms with Gasteiger partial charge in [0, 0.05) is 9.13 Å². The number of nitriles is 1. The molecule has 0 unspecified atom stereocenters. The maximum atomic E-state index is 12.9. The van der Waals surface area contributed by atoms with E-state index in [0.717, 1.165) is 20.2 Å². The predicted octanol–water partition coefficient (Wildman–Crippen LogP) is 4.63. The van der Waals surface area contributed by atoms with Gasteiger partial charge in [0.05, 0.1) is 27.6 Å². The highest BCUT2D eigenvalue weighted by atomic mass is 127. The topological polar surface area (TPSA) is 108 Å². The molecule has 1 heterocycles. The van der Waals surface area contributed by atoms with E-state index < -0.39 is 23.7 Å². The van der Waals surface area contributed by atoms with Crippen molar-refractivity contribution >= 4 is 73.5 Å². The Hall–Kier alpha value is -2.36. The lowest BCUT2D eigenvalue weighted by atomic mass is 10.1. The molecular weight excluding hydrogens is 587 g/mol. The Balaban J connectivity index is 1.92. The number of thioether (sulfide) groups is 1. The summed E-state index contributed by atoms with van der Waals surface area (Å²) in [5.74, 6) is -1.36. The number of rotatable bonds is 6. The minimum Gasteiger partial charge on any atom is -0.480 e. The summed E-state index contributed by atoms with van der Waals surface area (Å²) in [5, 5.41) is 17.7. The molecule has 2 aromatic carbocycles. The fourth-order valence-electron chi connectivity index (χ4n) is 2.69. The van der Waals surface area contributed by atoms with Gasteiger partial charge in [-0.25, -0.2) is 4.79 Å². The molecule has 10 heteroatoms. The summed E-state index contributed by atoms with van der Waals surface area (Å²) in [4.78, 5) is 37.4. The van der Waals surface area contributed by atoms with Crippen LogP contribution in [0.5, 0.6) is 5.75 Å². The molecule has 7 nitrogen and oxygen atoms in total. The molecule has 1 N–H and O–H groups in total. The number of aliphatic carboxylic acids is 1. The molecule has 1 aliphatic rings. The first kappa shape index (κ1) is 22.3. The van der Waals surface area contributed by atoms with Gasteiger partial charge in [0.2, 0.25) is 0 Å². The van der Waals surface area contributed by atoms with E-state index >= 15 is 0 Å². The van der Waals surface area contributed by atoms with Crippen LogP contribution in [0.4, 0.5) is 4.79 Å². The van der Waals surface area contributed by atoms with E-state index in [0.29, 0.717) is 21.2 Å². The number of imide groups is 1. The molecule has 0 spiro atoms. The number of hydrogen-bond donors (Lipinski definition) is 1. The number of nitrogens with zero attached hydrogens (tertiary/aromatic N) is 2. The SMILES string of the molecule is N#Cc1ccccc1CN1C(=O)S/C(=C/c2cc(I)cc(Br)c2OCC(=O)O)C1=O. The Morgan fingerprint density at radius 3 is 2.77 bits per heavy atom. The van der Waals surface area contributed by atoms with Gasteiger partial charge < -0.3 is 9.84 Å². The quantitative estimate of drug-likeness (QED) is 0.382. The van der Waals surface area contributed by atoms with Crippen molar-refractivity contribution in [3.05, 3.63) is 66.0 Å². The van der Waals surface area contributed by atoms with E-state index in [1.165, 1.54) is 6.08 Å². The average molecular weight is 599 g/mol. The van der Waals surface area contributed by atoms with Gasteiger partial charge in [-0.05, 0) is 80.1 Å².